The summed E-state index contributed by atoms with van der Waals surface area (Å²) in [6.07, 6.45) is 2.17. The maximum absolute atomic E-state index is 11.7. The molecule has 0 bridgehead atoms. The summed E-state index contributed by atoms with van der Waals surface area (Å²) in [6.45, 7) is 0. The number of halogens is 1. The minimum Gasteiger partial charge on any atom is -0.348 e. The van der Waals surface area contributed by atoms with Crippen molar-refractivity contribution >= 4 is 21.8 Å². The predicted octanol–water partition coefficient (Wildman–Crippen LogP) is 3.16. The number of carbonyl (C=O) groups excluding carboxylic acids is 1. The molecule has 106 valence electrons. The first kappa shape index (κ1) is 15.2. The summed E-state index contributed by atoms with van der Waals surface area (Å²) in [5.74, 6) is -0.277. The highest BCUT2D eigenvalue weighted by Gasteiger charge is 2.15. The Morgan fingerprint density at radius 3 is 2.67 bits per heavy atom. The van der Waals surface area contributed by atoms with Crippen LogP contribution in [0.1, 0.15) is 23.7 Å². The van der Waals surface area contributed by atoms with Crippen LogP contribution in [0.2, 0.25) is 0 Å². The van der Waals surface area contributed by atoms with E-state index in [9.17, 15) is 4.79 Å². The summed E-state index contributed by atoms with van der Waals surface area (Å²) in [5, 5.41) is 11.5. The van der Waals surface area contributed by atoms with Gasteiger partial charge in [-0.15, -0.1) is 0 Å². The van der Waals surface area contributed by atoms with E-state index < -0.39 is 0 Å². The summed E-state index contributed by atoms with van der Waals surface area (Å²) in [5.41, 5.74) is 1.87. The Morgan fingerprint density at radius 2 is 2.05 bits per heavy atom. The molecule has 0 radical (unpaired) electrons. The molecule has 1 amide bonds. The van der Waals surface area contributed by atoms with Crippen molar-refractivity contribution in [3.8, 4) is 6.07 Å². The molecule has 2 aromatic rings. The van der Waals surface area contributed by atoms with Crippen molar-refractivity contribution in [3.63, 3.8) is 0 Å². The van der Waals surface area contributed by atoms with Crippen LogP contribution in [0.15, 0.2) is 53.1 Å². The molecule has 0 spiro atoms. The minimum absolute atomic E-state index is 0.144. The second kappa shape index (κ2) is 7.55. The van der Waals surface area contributed by atoms with Crippen LogP contribution in [-0.4, -0.2) is 10.9 Å². The quantitative estimate of drug-likeness (QED) is 0.906. The molecular weight excluding hydrogens is 330 g/mol. The van der Waals surface area contributed by atoms with Crippen molar-refractivity contribution in [2.75, 3.05) is 0 Å². The number of hydrogen-bond donors (Lipinski definition) is 1. The third-order valence-electron chi connectivity index (χ3n) is 2.99. The Morgan fingerprint density at radius 1 is 1.29 bits per heavy atom. The van der Waals surface area contributed by atoms with Crippen LogP contribution in [0.3, 0.4) is 0 Å². The second-order valence-corrected chi connectivity index (χ2v) is 5.45. The van der Waals surface area contributed by atoms with Crippen molar-refractivity contribution in [1.29, 1.82) is 5.26 Å². The summed E-state index contributed by atoms with van der Waals surface area (Å²) >= 11 is 3.39. The average Bonchev–Trinajstić information content (AvgIpc) is 2.49. The maximum Gasteiger partial charge on any atom is 0.234 e. The van der Waals surface area contributed by atoms with Crippen LogP contribution in [-0.2, 0) is 11.2 Å². The highest BCUT2D eigenvalue weighted by Crippen LogP contribution is 2.20. The van der Waals surface area contributed by atoms with Crippen molar-refractivity contribution < 1.29 is 4.79 Å². The van der Waals surface area contributed by atoms with E-state index in [1.165, 1.54) is 0 Å². The molecular formula is C16H14BrN3O. The van der Waals surface area contributed by atoms with Crippen LogP contribution in [0.4, 0.5) is 0 Å². The Hall–Kier alpha value is -2.19. The molecule has 0 fully saturated rings. The maximum atomic E-state index is 11.7. The van der Waals surface area contributed by atoms with Gasteiger partial charge in [0.05, 0.1) is 12.1 Å². The number of benzene rings is 1. The van der Waals surface area contributed by atoms with Crippen molar-refractivity contribution in [2.24, 2.45) is 0 Å². The van der Waals surface area contributed by atoms with Gasteiger partial charge in [-0.3, -0.25) is 9.78 Å². The number of aromatic nitrogens is 1. The van der Waals surface area contributed by atoms with E-state index in [1.54, 1.807) is 6.20 Å². The number of carbonyl (C=O) groups is 1. The van der Waals surface area contributed by atoms with Crippen LogP contribution in [0.25, 0.3) is 0 Å². The highest BCUT2D eigenvalue weighted by atomic mass is 79.9. The number of nitriles is 1. The van der Waals surface area contributed by atoms with Crippen LogP contribution in [0, 0.1) is 11.3 Å². The predicted molar refractivity (Wildman–Crippen MR) is 83.2 cm³/mol. The molecule has 21 heavy (non-hydrogen) atoms. The van der Waals surface area contributed by atoms with Crippen molar-refractivity contribution in [1.82, 2.24) is 10.3 Å². The van der Waals surface area contributed by atoms with Crippen molar-refractivity contribution in [3.05, 3.63) is 64.4 Å². The zero-order chi connectivity index (χ0) is 15.1. The summed E-state index contributed by atoms with van der Waals surface area (Å²) < 4.78 is 0.978. The third kappa shape index (κ3) is 4.69. The lowest BCUT2D eigenvalue weighted by atomic mass is 10.0. The zero-order valence-electron chi connectivity index (χ0n) is 11.3. The largest absolute Gasteiger partial charge is 0.348 e. The van der Waals surface area contributed by atoms with E-state index in [1.807, 2.05) is 48.5 Å². The molecule has 2 rings (SSSR count). The van der Waals surface area contributed by atoms with Gasteiger partial charge in [0.15, 0.2) is 0 Å². The topological polar surface area (TPSA) is 65.8 Å². The number of nitrogens with one attached hydrogen (secondary N) is 1. The van der Waals surface area contributed by atoms with Crippen LogP contribution < -0.4 is 5.32 Å². The van der Waals surface area contributed by atoms with Gasteiger partial charge in [0.2, 0.25) is 5.91 Å². The number of hydrogen-bond acceptors (Lipinski definition) is 3. The SMILES string of the molecule is N#CCC(=O)N[C@@H](Cc1ccccn1)c1ccc(Br)cc1. The number of pyridine rings is 1. The zero-order valence-corrected chi connectivity index (χ0v) is 12.9. The summed E-state index contributed by atoms with van der Waals surface area (Å²) in [6, 6.07) is 15.1. The fraction of sp³-hybridized carbons (Fsp3) is 0.188. The summed E-state index contributed by atoms with van der Waals surface area (Å²) in [7, 11) is 0. The van der Waals surface area contributed by atoms with E-state index in [-0.39, 0.29) is 18.4 Å². The van der Waals surface area contributed by atoms with E-state index in [2.05, 4.69) is 26.2 Å². The van der Waals surface area contributed by atoms with Crippen molar-refractivity contribution in [2.45, 2.75) is 18.9 Å². The second-order valence-electron chi connectivity index (χ2n) is 4.53. The molecule has 1 atom stereocenters. The lowest BCUT2D eigenvalue weighted by Crippen LogP contribution is -2.29. The molecule has 1 N–H and O–H groups in total. The standard InChI is InChI=1S/C16H14BrN3O/c17-13-6-4-12(5-7-13)15(20-16(21)8-9-18)11-14-3-1-2-10-19-14/h1-7,10,15H,8,11H2,(H,20,21)/t15-/m0/s1. The van der Waals surface area contributed by atoms with E-state index in [0.29, 0.717) is 6.42 Å². The third-order valence-corrected chi connectivity index (χ3v) is 3.52. The van der Waals surface area contributed by atoms with Gasteiger partial charge in [-0.05, 0) is 29.8 Å². The minimum atomic E-state index is -0.277. The Balaban J connectivity index is 2.19. The molecule has 1 aromatic heterocycles. The molecule has 4 nitrogen and oxygen atoms in total. The normalized spacial score (nSPS) is 11.4. The Labute approximate surface area is 132 Å². The molecule has 1 aromatic carbocycles. The van der Waals surface area contributed by atoms with Crippen LogP contribution >= 0.6 is 15.9 Å². The van der Waals surface area contributed by atoms with Crippen LogP contribution in [0.5, 0.6) is 0 Å². The molecule has 0 unspecified atom stereocenters. The number of amides is 1. The Kier molecular flexibility index (Phi) is 5.47. The Bertz CT molecular complexity index is 635. The molecule has 0 aliphatic carbocycles. The first-order valence-electron chi connectivity index (χ1n) is 6.50. The lowest BCUT2D eigenvalue weighted by Gasteiger charge is -2.18. The van der Waals surface area contributed by atoms with Gasteiger partial charge in [0.1, 0.15) is 6.42 Å². The van der Waals surface area contributed by atoms with Gasteiger partial charge in [-0.2, -0.15) is 5.26 Å². The average molecular weight is 344 g/mol. The monoisotopic (exact) mass is 343 g/mol. The number of nitrogens with zero attached hydrogens (tertiary/aromatic N) is 2. The molecule has 5 heteroatoms. The number of rotatable bonds is 5. The first-order valence-corrected chi connectivity index (χ1v) is 7.30. The lowest BCUT2D eigenvalue weighted by molar-refractivity contribution is -0.120. The van der Waals surface area contributed by atoms with E-state index in [0.717, 1.165) is 15.7 Å². The molecule has 0 saturated heterocycles. The highest BCUT2D eigenvalue weighted by molar-refractivity contribution is 9.10. The fourth-order valence-corrected chi connectivity index (χ4v) is 2.26. The fourth-order valence-electron chi connectivity index (χ4n) is 1.99. The van der Waals surface area contributed by atoms with Gasteiger partial charge in [-0.25, -0.2) is 0 Å². The molecule has 0 aliphatic rings. The van der Waals surface area contributed by atoms with Gasteiger partial charge in [-0.1, -0.05) is 34.1 Å². The molecule has 0 aliphatic heterocycles. The van der Waals surface area contributed by atoms with E-state index in [4.69, 9.17) is 5.26 Å². The van der Waals surface area contributed by atoms with Gasteiger partial charge in [0, 0.05) is 22.8 Å². The summed E-state index contributed by atoms with van der Waals surface area (Å²) in [4.78, 5) is 16.0. The van der Waals surface area contributed by atoms with E-state index >= 15 is 0 Å². The van der Waals surface area contributed by atoms with Gasteiger partial charge in [0.25, 0.3) is 0 Å². The smallest absolute Gasteiger partial charge is 0.234 e. The van der Waals surface area contributed by atoms with Gasteiger partial charge < -0.3 is 5.32 Å². The molecule has 1 heterocycles. The van der Waals surface area contributed by atoms with Gasteiger partial charge >= 0.3 is 0 Å². The molecule has 0 saturated carbocycles. The first-order chi connectivity index (χ1) is 10.2.